The Morgan fingerprint density at radius 3 is 1.89 bits per heavy atom. The number of carbonyl (C=O) groups is 2. The van der Waals surface area contributed by atoms with Crippen LogP contribution in [0.5, 0.6) is 11.5 Å². The third-order valence-corrected chi connectivity index (χ3v) is 4.56. The van der Waals surface area contributed by atoms with E-state index in [0.29, 0.717) is 22.4 Å². The van der Waals surface area contributed by atoms with Gasteiger partial charge in [0, 0.05) is 5.56 Å². The van der Waals surface area contributed by atoms with Gasteiger partial charge in [0.2, 0.25) is 0 Å². The summed E-state index contributed by atoms with van der Waals surface area (Å²) in [6.45, 7) is 10.2. The van der Waals surface area contributed by atoms with Gasteiger partial charge in [0.15, 0.2) is 11.4 Å². The predicted molar refractivity (Wildman–Crippen MR) is 109 cm³/mol. The van der Waals surface area contributed by atoms with Crippen LogP contribution in [0, 0.1) is 27.7 Å². The van der Waals surface area contributed by atoms with Crippen molar-refractivity contribution in [1.29, 1.82) is 0 Å². The Morgan fingerprint density at radius 2 is 1.43 bits per heavy atom. The van der Waals surface area contributed by atoms with Gasteiger partial charge in [-0.05, 0) is 99.7 Å². The summed E-state index contributed by atoms with van der Waals surface area (Å²) < 4.78 is 5.70. The van der Waals surface area contributed by atoms with Crippen molar-refractivity contribution in [3.05, 3.63) is 63.7 Å². The SMILES string of the molecule is Cc1cc(C(=O)/C=C/c2cc(C)c(OC(C)(C)C(=O)O)c(C)c2)cc(C)c1O. The number of carbonyl (C=O) groups excluding carboxylic acids is 1. The number of rotatable bonds is 6. The molecule has 0 spiro atoms. The van der Waals surface area contributed by atoms with Crippen LogP contribution >= 0.6 is 0 Å². The van der Waals surface area contributed by atoms with Gasteiger partial charge < -0.3 is 14.9 Å². The normalized spacial score (nSPS) is 11.6. The Morgan fingerprint density at radius 1 is 0.929 bits per heavy atom. The molecule has 2 aromatic carbocycles. The average molecular weight is 382 g/mol. The molecule has 0 aliphatic carbocycles. The second-order valence-corrected chi connectivity index (χ2v) is 7.56. The highest BCUT2D eigenvalue weighted by Gasteiger charge is 2.30. The minimum Gasteiger partial charge on any atom is -0.507 e. The number of carboxylic acids is 1. The molecular formula is C23H26O5. The Hall–Kier alpha value is -3.08. The van der Waals surface area contributed by atoms with Gasteiger partial charge in [0.25, 0.3) is 0 Å². The fourth-order valence-corrected chi connectivity index (χ4v) is 2.91. The zero-order valence-corrected chi connectivity index (χ0v) is 17.1. The van der Waals surface area contributed by atoms with Crippen LogP contribution in [0.15, 0.2) is 30.3 Å². The molecule has 0 saturated heterocycles. The molecule has 5 nitrogen and oxygen atoms in total. The first-order valence-corrected chi connectivity index (χ1v) is 8.98. The number of aliphatic carboxylic acids is 1. The summed E-state index contributed by atoms with van der Waals surface area (Å²) in [5.41, 5.74) is 2.89. The number of ether oxygens (including phenoxy) is 1. The van der Waals surface area contributed by atoms with E-state index in [-0.39, 0.29) is 11.5 Å². The molecule has 0 bridgehead atoms. The van der Waals surface area contributed by atoms with Crippen molar-refractivity contribution in [3.63, 3.8) is 0 Å². The largest absolute Gasteiger partial charge is 0.507 e. The molecular weight excluding hydrogens is 356 g/mol. The first-order valence-electron chi connectivity index (χ1n) is 8.98. The number of hydrogen-bond acceptors (Lipinski definition) is 4. The number of phenolic OH excluding ortho intramolecular Hbond substituents is 1. The molecule has 0 fully saturated rings. The summed E-state index contributed by atoms with van der Waals surface area (Å²) in [6.07, 6.45) is 3.20. The Balaban J connectivity index is 2.28. The van der Waals surface area contributed by atoms with E-state index in [2.05, 4.69) is 0 Å². The highest BCUT2D eigenvalue weighted by Crippen LogP contribution is 2.29. The summed E-state index contributed by atoms with van der Waals surface area (Å²) in [5.74, 6) is -0.471. The summed E-state index contributed by atoms with van der Waals surface area (Å²) in [4.78, 5) is 23.8. The van der Waals surface area contributed by atoms with Crippen molar-refractivity contribution < 1.29 is 24.5 Å². The van der Waals surface area contributed by atoms with Gasteiger partial charge in [0.05, 0.1) is 0 Å². The van der Waals surface area contributed by atoms with Crippen LogP contribution in [0.1, 0.15) is 52.0 Å². The van der Waals surface area contributed by atoms with Crippen molar-refractivity contribution in [1.82, 2.24) is 0 Å². The maximum absolute atomic E-state index is 12.5. The summed E-state index contributed by atoms with van der Waals surface area (Å²) >= 11 is 0. The highest BCUT2D eigenvalue weighted by atomic mass is 16.5. The first-order chi connectivity index (χ1) is 12.9. The summed E-state index contributed by atoms with van der Waals surface area (Å²) in [5, 5.41) is 19.1. The van der Waals surface area contributed by atoms with Gasteiger partial charge in [-0.1, -0.05) is 6.08 Å². The predicted octanol–water partition coefficient (Wildman–Crippen LogP) is 4.76. The summed E-state index contributed by atoms with van der Waals surface area (Å²) in [7, 11) is 0. The third kappa shape index (κ3) is 4.60. The zero-order chi connectivity index (χ0) is 21.2. The smallest absolute Gasteiger partial charge is 0.347 e. The van der Waals surface area contributed by atoms with Crippen LogP contribution in [0.2, 0.25) is 0 Å². The molecule has 0 aliphatic heterocycles. The number of aryl methyl sites for hydroxylation is 4. The molecule has 0 heterocycles. The molecule has 0 saturated carbocycles. The van der Waals surface area contributed by atoms with Gasteiger partial charge >= 0.3 is 5.97 Å². The number of allylic oxidation sites excluding steroid dienone is 1. The average Bonchev–Trinajstić information content (AvgIpc) is 2.60. The van der Waals surface area contributed by atoms with Gasteiger partial charge in [0.1, 0.15) is 11.5 Å². The fourth-order valence-electron chi connectivity index (χ4n) is 2.91. The number of ketones is 1. The number of aromatic hydroxyl groups is 1. The van der Waals surface area contributed by atoms with Crippen LogP contribution in [-0.2, 0) is 4.79 Å². The van der Waals surface area contributed by atoms with E-state index in [0.717, 1.165) is 16.7 Å². The van der Waals surface area contributed by atoms with E-state index in [9.17, 15) is 19.8 Å². The topological polar surface area (TPSA) is 83.8 Å². The lowest BCUT2D eigenvalue weighted by atomic mass is 10.0. The van der Waals surface area contributed by atoms with E-state index < -0.39 is 11.6 Å². The second kappa shape index (κ2) is 7.89. The lowest BCUT2D eigenvalue weighted by Crippen LogP contribution is -2.38. The number of benzene rings is 2. The van der Waals surface area contributed by atoms with E-state index in [1.54, 1.807) is 32.1 Å². The van der Waals surface area contributed by atoms with Gasteiger partial charge in [-0.25, -0.2) is 4.79 Å². The third-order valence-electron chi connectivity index (χ3n) is 4.56. The lowest BCUT2D eigenvalue weighted by molar-refractivity contribution is -0.152. The van der Waals surface area contributed by atoms with Gasteiger partial charge in [-0.15, -0.1) is 0 Å². The molecule has 0 atom stereocenters. The fraction of sp³-hybridized carbons (Fsp3) is 0.304. The van der Waals surface area contributed by atoms with E-state index in [4.69, 9.17) is 4.74 Å². The lowest BCUT2D eigenvalue weighted by Gasteiger charge is -2.24. The molecule has 148 valence electrons. The zero-order valence-electron chi connectivity index (χ0n) is 17.1. The Kier molecular flexibility index (Phi) is 5.98. The number of phenols is 1. The van der Waals surface area contributed by atoms with Crippen LogP contribution in [0.4, 0.5) is 0 Å². The van der Waals surface area contributed by atoms with Gasteiger partial charge in [-0.2, -0.15) is 0 Å². The molecule has 0 radical (unpaired) electrons. The molecule has 0 aromatic heterocycles. The molecule has 0 amide bonds. The van der Waals surface area contributed by atoms with Crippen molar-refractivity contribution >= 4 is 17.8 Å². The van der Waals surface area contributed by atoms with Crippen molar-refractivity contribution in [2.45, 2.75) is 47.1 Å². The first kappa shape index (κ1) is 21.2. The highest BCUT2D eigenvalue weighted by molar-refractivity contribution is 6.07. The van der Waals surface area contributed by atoms with Crippen molar-refractivity contribution in [3.8, 4) is 11.5 Å². The molecule has 2 N–H and O–H groups in total. The van der Waals surface area contributed by atoms with Crippen molar-refractivity contribution in [2.24, 2.45) is 0 Å². The second-order valence-electron chi connectivity index (χ2n) is 7.56. The van der Waals surface area contributed by atoms with Crippen molar-refractivity contribution in [2.75, 3.05) is 0 Å². The molecule has 5 heteroatoms. The minimum absolute atomic E-state index is 0.158. The van der Waals surface area contributed by atoms with Crippen LogP contribution < -0.4 is 4.74 Å². The molecule has 28 heavy (non-hydrogen) atoms. The van der Waals surface area contributed by atoms with Crippen LogP contribution in [-0.4, -0.2) is 27.6 Å². The van der Waals surface area contributed by atoms with E-state index in [1.807, 2.05) is 26.0 Å². The molecule has 2 aromatic rings. The van der Waals surface area contributed by atoms with E-state index in [1.165, 1.54) is 19.9 Å². The quantitative estimate of drug-likeness (QED) is 0.556. The maximum atomic E-state index is 12.5. The van der Waals surface area contributed by atoms with Gasteiger partial charge in [-0.3, -0.25) is 4.79 Å². The minimum atomic E-state index is -1.34. The number of carboxylic acid groups (broad SMARTS) is 1. The standard InChI is InChI=1S/C23H26O5/c1-13-11-18(12-14(2)20(13)25)19(24)8-7-17-9-15(3)21(16(4)10-17)28-23(5,6)22(26)27/h7-12,25H,1-6H3,(H,26,27)/b8-7+. The molecule has 0 unspecified atom stereocenters. The summed E-state index contributed by atoms with van der Waals surface area (Å²) in [6, 6.07) is 7.02. The molecule has 2 rings (SSSR count). The Labute approximate surface area is 165 Å². The Bertz CT molecular complexity index is 921. The number of hydrogen-bond donors (Lipinski definition) is 2. The van der Waals surface area contributed by atoms with Crippen LogP contribution in [0.25, 0.3) is 6.08 Å². The monoisotopic (exact) mass is 382 g/mol. The molecule has 0 aliphatic rings. The van der Waals surface area contributed by atoms with Crippen LogP contribution in [0.3, 0.4) is 0 Å². The maximum Gasteiger partial charge on any atom is 0.347 e. The van der Waals surface area contributed by atoms with E-state index >= 15 is 0 Å².